The van der Waals surface area contributed by atoms with E-state index >= 15 is 0 Å². The summed E-state index contributed by atoms with van der Waals surface area (Å²) in [5.74, 6) is -0.372. The van der Waals surface area contributed by atoms with E-state index in [1.807, 2.05) is 30.3 Å². The third-order valence-electron chi connectivity index (χ3n) is 7.15. The number of hydrogen-bond donors (Lipinski definition) is 1. The Kier molecular flexibility index (Phi) is 11.3. The van der Waals surface area contributed by atoms with Gasteiger partial charge in [0.25, 0.3) is 10.0 Å². The molecule has 0 spiro atoms. The SMILES string of the molecule is CNC(=O)[C@H](Cc1ccccc1)N(Cc1ccc(Cl)cc1Cl)C(=O)CN(c1ccccc1OC)S(=O)(=O)c1ccc(OC)cc1. The molecule has 0 aliphatic carbocycles. The van der Waals surface area contributed by atoms with E-state index in [1.165, 1.54) is 50.4 Å². The molecule has 45 heavy (non-hydrogen) atoms. The summed E-state index contributed by atoms with van der Waals surface area (Å²) in [5.41, 5.74) is 1.48. The molecule has 4 aromatic carbocycles. The van der Waals surface area contributed by atoms with Gasteiger partial charge in [-0.05, 0) is 59.7 Å². The number of methoxy groups -OCH3 is 2. The largest absolute Gasteiger partial charge is 0.497 e. The molecule has 0 aromatic heterocycles. The Morgan fingerprint density at radius 3 is 2.16 bits per heavy atom. The second-order valence-electron chi connectivity index (χ2n) is 9.94. The van der Waals surface area contributed by atoms with Gasteiger partial charge in [-0.2, -0.15) is 0 Å². The number of likely N-dealkylation sites (N-methyl/N-ethyl adjacent to an activating group) is 1. The maximum atomic E-state index is 14.4. The lowest BCUT2D eigenvalue weighted by Gasteiger charge is -2.34. The van der Waals surface area contributed by atoms with Crippen LogP contribution >= 0.6 is 23.2 Å². The minimum absolute atomic E-state index is 0.0681. The zero-order valence-electron chi connectivity index (χ0n) is 24.9. The smallest absolute Gasteiger partial charge is 0.264 e. The van der Waals surface area contributed by atoms with E-state index in [9.17, 15) is 18.0 Å². The summed E-state index contributed by atoms with van der Waals surface area (Å²) in [6.45, 7) is -0.746. The molecule has 12 heteroatoms. The highest BCUT2D eigenvalue weighted by Gasteiger charge is 2.35. The summed E-state index contributed by atoms with van der Waals surface area (Å²) in [7, 11) is 0.0358. The van der Waals surface area contributed by atoms with Gasteiger partial charge in [0.15, 0.2) is 0 Å². The first-order chi connectivity index (χ1) is 21.6. The van der Waals surface area contributed by atoms with Crippen LogP contribution in [0.1, 0.15) is 11.1 Å². The number of carbonyl (C=O) groups excluding carboxylic acids is 2. The minimum atomic E-state index is -4.33. The van der Waals surface area contributed by atoms with Crippen molar-refractivity contribution >= 4 is 50.7 Å². The number of para-hydroxylation sites is 2. The van der Waals surface area contributed by atoms with Crippen molar-refractivity contribution in [1.82, 2.24) is 10.2 Å². The highest BCUT2D eigenvalue weighted by atomic mass is 35.5. The first-order valence-corrected chi connectivity index (χ1v) is 16.1. The van der Waals surface area contributed by atoms with Crippen LogP contribution in [0.15, 0.2) is 102 Å². The number of sulfonamides is 1. The lowest BCUT2D eigenvalue weighted by Crippen LogP contribution is -2.53. The number of nitrogens with one attached hydrogen (secondary N) is 1. The number of carbonyl (C=O) groups is 2. The minimum Gasteiger partial charge on any atom is -0.497 e. The Hall–Kier alpha value is -4.25. The quantitative estimate of drug-likeness (QED) is 0.199. The first kappa shape index (κ1) is 33.6. The van der Waals surface area contributed by atoms with Crippen LogP contribution in [0, 0.1) is 0 Å². The number of nitrogens with zero attached hydrogens (tertiary/aromatic N) is 2. The number of benzene rings is 4. The molecular weight excluding hydrogens is 637 g/mol. The molecule has 0 saturated heterocycles. The van der Waals surface area contributed by atoms with E-state index in [2.05, 4.69) is 5.32 Å². The zero-order chi connectivity index (χ0) is 32.6. The molecule has 2 amide bonds. The van der Waals surface area contributed by atoms with Crippen LogP contribution in [0.5, 0.6) is 11.5 Å². The third-order valence-corrected chi connectivity index (χ3v) is 9.51. The molecule has 0 radical (unpaired) electrons. The lowest BCUT2D eigenvalue weighted by molar-refractivity contribution is -0.139. The average Bonchev–Trinajstić information content (AvgIpc) is 3.06. The predicted molar refractivity (Wildman–Crippen MR) is 176 cm³/mol. The molecule has 236 valence electrons. The third kappa shape index (κ3) is 8.08. The molecule has 0 bridgehead atoms. The Bertz CT molecular complexity index is 1740. The van der Waals surface area contributed by atoms with Crippen molar-refractivity contribution < 1.29 is 27.5 Å². The van der Waals surface area contributed by atoms with Crippen molar-refractivity contribution in [2.45, 2.75) is 23.9 Å². The van der Waals surface area contributed by atoms with Crippen molar-refractivity contribution in [3.63, 3.8) is 0 Å². The molecule has 4 aromatic rings. The maximum absolute atomic E-state index is 14.4. The Morgan fingerprint density at radius 1 is 0.867 bits per heavy atom. The summed E-state index contributed by atoms with van der Waals surface area (Å²) in [4.78, 5) is 29.1. The monoisotopic (exact) mass is 669 g/mol. The van der Waals surface area contributed by atoms with E-state index in [1.54, 1.807) is 42.5 Å². The second-order valence-corrected chi connectivity index (χ2v) is 12.6. The summed E-state index contributed by atoms with van der Waals surface area (Å²) < 4.78 is 40.1. The van der Waals surface area contributed by atoms with Gasteiger partial charge in [0.1, 0.15) is 24.1 Å². The van der Waals surface area contributed by atoms with Crippen LogP contribution < -0.4 is 19.1 Å². The number of anilines is 1. The van der Waals surface area contributed by atoms with E-state index in [4.69, 9.17) is 32.7 Å². The molecule has 0 aliphatic heterocycles. The van der Waals surface area contributed by atoms with Crippen molar-refractivity contribution in [3.05, 3.63) is 118 Å². The molecule has 4 rings (SSSR count). The molecule has 0 aliphatic rings. The number of amides is 2. The van der Waals surface area contributed by atoms with Crippen molar-refractivity contribution in [2.24, 2.45) is 0 Å². The summed E-state index contributed by atoms with van der Waals surface area (Å²) in [6, 6.07) is 25.4. The molecule has 9 nitrogen and oxygen atoms in total. The molecule has 1 atom stereocenters. The van der Waals surface area contributed by atoms with E-state index in [-0.39, 0.29) is 29.3 Å². The normalized spacial score (nSPS) is 11.8. The maximum Gasteiger partial charge on any atom is 0.264 e. The fourth-order valence-corrected chi connectivity index (χ4v) is 6.67. The average molecular weight is 671 g/mol. The lowest BCUT2D eigenvalue weighted by atomic mass is 10.0. The van der Waals surface area contributed by atoms with Gasteiger partial charge in [-0.25, -0.2) is 8.42 Å². The van der Waals surface area contributed by atoms with Crippen LogP contribution in [0.25, 0.3) is 0 Å². The zero-order valence-corrected chi connectivity index (χ0v) is 27.3. The molecule has 0 heterocycles. The first-order valence-electron chi connectivity index (χ1n) is 13.9. The summed E-state index contributed by atoms with van der Waals surface area (Å²) >= 11 is 12.6. The molecule has 1 N–H and O–H groups in total. The Labute approximate surface area is 273 Å². The van der Waals surface area contributed by atoms with E-state index < -0.39 is 34.4 Å². The van der Waals surface area contributed by atoms with Gasteiger partial charge < -0.3 is 19.7 Å². The number of ether oxygens (including phenoxy) is 2. The van der Waals surface area contributed by atoms with Gasteiger partial charge >= 0.3 is 0 Å². The second kappa shape index (κ2) is 15.2. The van der Waals surface area contributed by atoms with Crippen LogP contribution in [0.2, 0.25) is 10.0 Å². The number of hydrogen-bond acceptors (Lipinski definition) is 6. The fourth-order valence-electron chi connectivity index (χ4n) is 4.78. The van der Waals surface area contributed by atoms with Gasteiger partial charge in [0.05, 0.1) is 24.8 Å². The van der Waals surface area contributed by atoms with Gasteiger partial charge in [-0.15, -0.1) is 0 Å². The van der Waals surface area contributed by atoms with Crippen molar-refractivity contribution in [2.75, 3.05) is 32.1 Å². The van der Waals surface area contributed by atoms with Crippen molar-refractivity contribution in [3.8, 4) is 11.5 Å². The van der Waals surface area contributed by atoms with Crippen LogP contribution in [-0.2, 0) is 32.6 Å². The van der Waals surface area contributed by atoms with Crippen LogP contribution in [0.4, 0.5) is 5.69 Å². The number of rotatable bonds is 13. The van der Waals surface area contributed by atoms with E-state index in [0.29, 0.717) is 21.4 Å². The summed E-state index contributed by atoms with van der Waals surface area (Å²) in [6.07, 6.45) is 0.164. The van der Waals surface area contributed by atoms with Gasteiger partial charge in [0, 0.05) is 30.1 Å². The van der Waals surface area contributed by atoms with E-state index in [0.717, 1.165) is 9.87 Å². The molecule has 0 fully saturated rings. The van der Waals surface area contributed by atoms with Crippen LogP contribution in [-0.4, -0.2) is 59.0 Å². The van der Waals surface area contributed by atoms with Crippen LogP contribution in [0.3, 0.4) is 0 Å². The molecule has 0 unspecified atom stereocenters. The van der Waals surface area contributed by atoms with Crippen molar-refractivity contribution in [1.29, 1.82) is 0 Å². The standard InChI is InChI=1S/C33H33Cl2N3O6S/c1-36-33(40)30(19-23-9-5-4-6-10-23)37(21-24-13-14-25(34)20-28(24)35)32(39)22-38(29-11-7-8-12-31(29)44-3)45(41,42)27-17-15-26(43-2)16-18-27/h4-18,20,30H,19,21-22H2,1-3H3,(H,36,40)/t30-/m0/s1. The predicted octanol–water partition coefficient (Wildman–Crippen LogP) is 5.59. The van der Waals surface area contributed by atoms with Gasteiger partial charge in [-0.1, -0.05) is 71.7 Å². The highest BCUT2D eigenvalue weighted by Crippen LogP contribution is 2.33. The van der Waals surface area contributed by atoms with Gasteiger partial charge in [-0.3, -0.25) is 13.9 Å². The molecular formula is C33H33Cl2N3O6S. The number of halogens is 2. The van der Waals surface area contributed by atoms with Gasteiger partial charge in [0.2, 0.25) is 11.8 Å². The molecule has 0 saturated carbocycles. The highest BCUT2D eigenvalue weighted by molar-refractivity contribution is 7.92. The Balaban J connectivity index is 1.83. The topological polar surface area (TPSA) is 105 Å². The summed E-state index contributed by atoms with van der Waals surface area (Å²) in [5, 5.41) is 3.35. The Morgan fingerprint density at radius 2 is 1.53 bits per heavy atom. The fraction of sp³-hybridized carbons (Fsp3) is 0.212.